The summed E-state index contributed by atoms with van der Waals surface area (Å²) in [5.41, 5.74) is 1.86. The van der Waals surface area contributed by atoms with Crippen LogP contribution < -0.4 is 10.6 Å². The lowest BCUT2D eigenvalue weighted by Gasteiger charge is -2.22. The van der Waals surface area contributed by atoms with E-state index < -0.39 is 0 Å². The molecule has 0 heterocycles. The summed E-state index contributed by atoms with van der Waals surface area (Å²) in [4.78, 5) is 11.7. The Kier molecular flexibility index (Phi) is 5.90. The van der Waals surface area contributed by atoms with Gasteiger partial charge in [0.2, 0.25) is 0 Å². The molecule has 0 unspecified atom stereocenters. The minimum Gasteiger partial charge on any atom is -0.382 e. The number of rotatable bonds is 4. The van der Waals surface area contributed by atoms with Crippen molar-refractivity contribution in [3.63, 3.8) is 0 Å². The molecule has 1 aliphatic carbocycles. The SMILES string of the molecule is CCNC(=O)c1ccc(NC2CCCCCCC2)cc1. The molecule has 1 aliphatic rings. The van der Waals surface area contributed by atoms with Crippen LogP contribution in [0.15, 0.2) is 24.3 Å². The summed E-state index contributed by atoms with van der Waals surface area (Å²) in [6, 6.07) is 8.42. The first-order chi connectivity index (χ1) is 9.79. The molecule has 1 aromatic rings. The summed E-state index contributed by atoms with van der Waals surface area (Å²) in [6.07, 6.45) is 9.32. The van der Waals surface area contributed by atoms with Crippen LogP contribution in [0.25, 0.3) is 0 Å². The Hall–Kier alpha value is -1.51. The molecular formula is C17H26N2O. The van der Waals surface area contributed by atoms with Crippen molar-refractivity contribution in [1.29, 1.82) is 0 Å². The van der Waals surface area contributed by atoms with Gasteiger partial charge in [-0.25, -0.2) is 0 Å². The highest BCUT2D eigenvalue weighted by Crippen LogP contribution is 2.21. The first-order valence-corrected chi connectivity index (χ1v) is 7.94. The minimum atomic E-state index is 0.00463. The predicted molar refractivity (Wildman–Crippen MR) is 84.2 cm³/mol. The van der Waals surface area contributed by atoms with Gasteiger partial charge in [-0.3, -0.25) is 4.79 Å². The van der Waals surface area contributed by atoms with Crippen LogP contribution in [0, 0.1) is 0 Å². The monoisotopic (exact) mass is 274 g/mol. The molecule has 3 nitrogen and oxygen atoms in total. The number of nitrogens with one attached hydrogen (secondary N) is 2. The van der Waals surface area contributed by atoms with E-state index in [0.29, 0.717) is 12.6 Å². The molecule has 1 amide bonds. The Morgan fingerprint density at radius 1 is 1.05 bits per heavy atom. The Labute approximate surface area is 122 Å². The van der Waals surface area contributed by atoms with Crippen LogP contribution in [0.3, 0.4) is 0 Å². The maximum Gasteiger partial charge on any atom is 0.251 e. The summed E-state index contributed by atoms with van der Waals surface area (Å²) in [7, 11) is 0. The molecule has 3 heteroatoms. The van der Waals surface area contributed by atoms with Crippen molar-refractivity contribution in [3.8, 4) is 0 Å². The average Bonchev–Trinajstić information content (AvgIpc) is 2.43. The lowest BCUT2D eigenvalue weighted by atomic mass is 9.96. The highest BCUT2D eigenvalue weighted by molar-refractivity contribution is 5.94. The molecule has 110 valence electrons. The Bertz CT molecular complexity index is 406. The molecule has 1 saturated carbocycles. The third kappa shape index (κ3) is 4.55. The van der Waals surface area contributed by atoms with Gasteiger partial charge < -0.3 is 10.6 Å². The first-order valence-electron chi connectivity index (χ1n) is 7.94. The van der Waals surface area contributed by atoms with E-state index >= 15 is 0 Å². The van der Waals surface area contributed by atoms with Crippen LogP contribution in [0.5, 0.6) is 0 Å². The maximum atomic E-state index is 11.7. The fraction of sp³-hybridized carbons (Fsp3) is 0.588. The predicted octanol–water partition coefficient (Wildman–Crippen LogP) is 3.96. The molecule has 0 radical (unpaired) electrons. The van der Waals surface area contributed by atoms with E-state index in [1.807, 2.05) is 31.2 Å². The third-order valence-corrected chi connectivity index (χ3v) is 3.96. The number of anilines is 1. The summed E-state index contributed by atoms with van der Waals surface area (Å²) >= 11 is 0. The molecule has 1 fully saturated rings. The molecule has 0 bridgehead atoms. The van der Waals surface area contributed by atoms with Crippen molar-refractivity contribution in [3.05, 3.63) is 29.8 Å². The van der Waals surface area contributed by atoms with E-state index in [0.717, 1.165) is 11.3 Å². The summed E-state index contributed by atoms with van der Waals surface area (Å²) < 4.78 is 0. The Balaban J connectivity index is 1.90. The number of hydrogen-bond acceptors (Lipinski definition) is 2. The molecule has 2 N–H and O–H groups in total. The van der Waals surface area contributed by atoms with Gasteiger partial charge in [-0.15, -0.1) is 0 Å². The highest BCUT2D eigenvalue weighted by atomic mass is 16.1. The zero-order valence-corrected chi connectivity index (χ0v) is 12.5. The lowest BCUT2D eigenvalue weighted by Crippen LogP contribution is -2.23. The van der Waals surface area contributed by atoms with Crippen molar-refractivity contribution in [2.75, 3.05) is 11.9 Å². The largest absolute Gasteiger partial charge is 0.382 e. The van der Waals surface area contributed by atoms with Gasteiger partial charge in [0.15, 0.2) is 0 Å². The lowest BCUT2D eigenvalue weighted by molar-refractivity contribution is 0.0956. The quantitative estimate of drug-likeness (QED) is 0.872. The van der Waals surface area contributed by atoms with Crippen molar-refractivity contribution in [2.45, 2.75) is 57.9 Å². The fourth-order valence-corrected chi connectivity index (χ4v) is 2.82. The number of carbonyl (C=O) groups is 1. The number of carbonyl (C=O) groups excluding carboxylic acids is 1. The van der Waals surface area contributed by atoms with Crippen LogP contribution in [0.1, 0.15) is 62.2 Å². The zero-order valence-electron chi connectivity index (χ0n) is 12.5. The van der Waals surface area contributed by atoms with Crippen molar-refractivity contribution in [1.82, 2.24) is 5.32 Å². The van der Waals surface area contributed by atoms with Gasteiger partial charge in [0.05, 0.1) is 0 Å². The van der Waals surface area contributed by atoms with E-state index in [1.165, 1.54) is 44.9 Å². The smallest absolute Gasteiger partial charge is 0.251 e. The first kappa shape index (κ1) is 14.9. The van der Waals surface area contributed by atoms with Gasteiger partial charge in [-0.05, 0) is 44.0 Å². The second-order valence-corrected chi connectivity index (χ2v) is 5.62. The standard InChI is InChI=1S/C17H26N2O/c1-2-18-17(20)14-10-12-16(13-11-14)19-15-8-6-4-3-5-7-9-15/h10-13,15,19H,2-9H2,1H3,(H,18,20). The van der Waals surface area contributed by atoms with Gasteiger partial charge in [-0.1, -0.05) is 32.1 Å². The highest BCUT2D eigenvalue weighted by Gasteiger charge is 2.11. The second-order valence-electron chi connectivity index (χ2n) is 5.62. The van der Waals surface area contributed by atoms with Gasteiger partial charge in [-0.2, -0.15) is 0 Å². The number of benzene rings is 1. The van der Waals surface area contributed by atoms with E-state index in [2.05, 4.69) is 10.6 Å². The van der Waals surface area contributed by atoms with Crippen molar-refractivity contribution < 1.29 is 4.79 Å². The molecule has 0 saturated heterocycles. The fourth-order valence-electron chi connectivity index (χ4n) is 2.82. The maximum absolute atomic E-state index is 11.7. The van der Waals surface area contributed by atoms with E-state index in [9.17, 15) is 4.79 Å². The summed E-state index contributed by atoms with van der Waals surface area (Å²) in [5.74, 6) is 0.00463. The van der Waals surface area contributed by atoms with Crippen LogP contribution in [-0.2, 0) is 0 Å². The van der Waals surface area contributed by atoms with Crippen molar-refractivity contribution in [2.24, 2.45) is 0 Å². The van der Waals surface area contributed by atoms with Gasteiger partial charge in [0.1, 0.15) is 0 Å². The topological polar surface area (TPSA) is 41.1 Å². The Morgan fingerprint density at radius 2 is 1.65 bits per heavy atom. The van der Waals surface area contributed by atoms with E-state index in [1.54, 1.807) is 0 Å². The third-order valence-electron chi connectivity index (χ3n) is 3.96. The average molecular weight is 274 g/mol. The van der Waals surface area contributed by atoms with Crippen LogP contribution >= 0.6 is 0 Å². The van der Waals surface area contributed by atoms with Gasteiger partial charge in [0, 0.05) is 23.8 Å². The molecule has 0 aromatic heterocycles. The normalized spacial score (nSPS) is 17.1. The summed E-state index contributed by atoms with van der Waals surface area (Å²) in [5, 5.41) is 6.43. The van der Waals surface area contributed by atoms with E-state index in [-0.39, 0.29) is 5.91 Å². The van der Waals surface area contributed by atoms with E-state index in [4.69, 9.17) is 0 Å². The molecule has 20 heavy (non-hydrogen) atoms. The molecule has 0 aliphatic heterocycles. The number of amides is 1. The van der Waals surface area contributed by atoms with Crippen LogP contribution in [-0.4, -0.2) is 18.5 Å². The zero-order chi connectivity index (χ0) is 14.2. The Morgan fingerprint density at radius 3 is 2.25 bits per heavy atom. The van der Waals surface area contributed by atoms with Gasteiger partial charge >= 0.3 is 0 Å². The molecule has 0 atom stereocenters. The number of hydrogen-bond donors (Lipinski definition) is 2. The summed E-state index contributed by atoms with van der Waals surface area (Å²) in [6.45, 7) is 2.60. The van der Waals surface area contributed by atoms with Gasteiger partial charge in [0.25, 0.3) is 5.91 Å². The minimum absolute atomic E-state index is 0.00463. The van der Waals surface area contributed by atoms with Crippen LogP contribution in [0.4, 0.5) is 5.69 Å². The molecule has 1 aromatic carbocycles. The molecular weight excluding hydrogens is 248 g/mol. The van der Waals surface area contributed by atoms with Crippen LogP contribution in [0.2, 0.25) is 0 Å². The molecule has 2 rings (SSSR count). The van der Waals surface area contributed by atoms with Crippen molar-refractivity contribution >= 4 is 11.6 Å². The molecule has 0 spiro atoms. The second kappa shape index (κ2) is 7.93.